The molecule has 1 aromatic carbocycles. The Balaban J connectivity index is 0.00000289. The predicted octanol–water partition coefficient (Wildman–Crippen LogP) is 1.24. The van der Waals surface area contributed by atoms with Crippen LogP contribution in [0.3, 0.4) is 0 Å². The van der Waals surface area contributed by atoms with Crippen LogP contribution in [-0.2, 0) is 4.79 Å². The van der Waals surface area contributed by atoms with E-state index in [-0.39, 0.29) is 31.4 Å². The number of carbonyl (C=O) groups excluding carboxylic acids is 1. The Labute approximate surface area is 114 Å². The number of carbonyl (C=O) groups is 1. The topological polar surface area (TPSA) is 75.4 Å². The van der Waals surface area contributed by atoms with E-state index in [0.29, 0.717) is 0 Å². The molecule has 0 saturated heterocycles. The molecule has 0 aliphatic heterocycles. The number of hydrogen-bond acceptors (Lipinski definition) is 3. The van der Waals surface area contributed by atoms with Gasteiger partial charge in [-0.1, -0.05) is 30.3 Å². The molecule has 1 aromatic rings. The zero-order valence-corrected chi connectivity index (χ0v) is 11.5. The van der Waals surface area contributed by atoms with Crippen LogP contribution < -0.4 is 11.1 Å². The van der Waals surface area contributed by atoms with Gasteiger partial charge >= 0.3 is 0 Å². The van der Waals surface area contributed by atoms with Crippen molar-refractivity contribution >= 4 is 18.3 Å². The van der Waals surface area contributed by atoms with Gasteiger partial charge in [0, 0.05) is 13.1 Å². The summed E-state index contributed by atoms with van der Waals surface area (Å²) < 4.78 is 0. The Bertz CT molecular complexity index is 369. The highest BCUT2D eigenvalue weighted by molar-refractivity contribution is 5.85. The number of hydrogen-bond donors (Lipinski definition) is 3. The molecule has 1 atom stereocenters. The average Bonchev–Trinajstić information content (AvgIpc) is 2.36. The molecule has 1 rings (SSSR count). The van der Waals surface area contributed by atoms with Crippen molar-refractivity contribution in [3.05, 3.63) is 35.9 Å². The molecule has 0 radical (unpaired) electrons. The predicted molar refractivity (Wildman–Crippen MR) is 74.5 cm³/mol. The first kappa shape index (κ1) is 16.9. The van der Waals surface area contributed by atoms with Crippen LogP contribution in [0.1, 0.15) is 25.5 Å². The van der Waals surface area contributed by atoms with Crippen molar-refractivity contribution in [1.29, 1.82) is 0 Å². The van der Waals surface area contributed by atoms with Gasteiger partial charge in [-0.25, -0.2) is 0 Å². The van der Waals surface area contributed by atoms with Crippen molar-refractivity contribution in [1.82, 2.24) is 5.32 Å². The largest absolute Gasteiger partial charge is 0.387 e. The van der Waals surface area contributed by atoms with Gasteiger partial charge in [0.1, 0.15) is 0 Å². The van der Waals surface area contributed by atoms with E-state index in [4.69, 9.17) is 5.73 Å². The van der Waals surface area contributed by atoms with Crippen molar-refractivity contribution in [3.63, 3.8) is 0 Å². The molecule has 0 aromatic heterocycles. The summed E-state index contributed by atoms with van der Waals surface area (Å²) in [6.45, 7) is 4.03. The fraction of sp³-hybridized carbons (Fsp3) is 0.462. The van der Waals surface area contributed by atoms with Gasteiger partial charge in [0.2, 0.25) is 5.91 Å². The van der Waals surface area contributed by atoms with Crippen molar-refractivity contribution in [3.8, 4) is 0 Å². The second-order valence-electron chi connectivity index (χ2n) is 4.72. The number of amides is 1. The smallest absolute Gasteiger partial charge is 0.227 e. The number of benzene rings is 1. The maximum Gasteiger partial charge on any atom is 0.227 e. The minimum atomic E-state index is -0.686. The van der Waals surface area contributed by atoms with Crippen molar-refractivity contribution < 1.29 is 9.90 Å². The summed E-state index contributed by atoms with van der Waals surface area (Å²) >= 11 is 0. The van der Waals surface area contributed by atoms with Gasteiger partial charge in [-0.05, 0) is 19.4 Å². The van der Waals surface area contributed by atoms with Crippen LogP contribution in [0.5, 0.6) is 0 Å². The summed E-state index contributed by atoms with van der Waals surface area (Å²) in [6.07, 6.45) is -0.686. The molecular formula is C13H21ClN2O2. The standard InChI is InChI=1S/C13H20N2O2.ClH/c1-13(2,9-14)12(17)15-8-11(16)10-6-4-3-5-7-10;/h3-7,11,16H,8-9,14H2,1-2H3,(H,15,17);1H. The van der Waals surface area contributed by atoms with Crippen LogP contribution in [0.2, 0.25) is 0 Å². The van der Waals surface area contributed by atoms with E-state index in [2.05, 4.69) is 5.32 Å². The molecule has 5 heteroatoms. The Morgan fingerprint density at radius 1 is 1.39 bits per heavy atom. The minimum Gasteiger partial charge on any atom is -0.387 e. The first-order valence-corrected chi connectivity index (χ1v) is 5.69. The monoisotopic (exact) mass is 272 g/mol. The van der Waals surface area contributed by atoms with E-state index >= 15 is 0 Å². The lowest BCUT2D eigenvalue weighted by Crippen LogP contribution is -2.43. The second-order valence-corrected chi connectivity index (χ2v) is 4.72. The molecule has 0 fully saturated rings. The van der Waals surface area contributed by atoms with Gasteiger partial charge in [-0.2, -0.15) is 0 Å². The Morgan fingerprint density at radius 2 is 1.94 bits per heavy atom. The third kappa shape index (κ3) is 4.64. The summed E-state index contributed by atoms with van der Waals surface area (Å²) in [5, 5.41) is 12.6. The van der Waals surface area contributed by atoms with Gasteiger partial charge < -0.3 is 16.2 Å². The first-order chi connectivity index (χ1) is 7.97. The fourth-order valence-corrected chi connectivity index (χ4v) is 1.31. The molecule has 0 saturated carbocycles. The molecule has 1 unspecified atom stereocenters. The van der Waals surface area contributed by atoms with Gasteiger partial charge in [0.25, 0.3) is 0 Å². The molecule has 0 aliphatic carbocycles. The Morgan fingerprint density at radius 3 is 2.44 bits per heavy atom. The molecule has 4 N–H and O–H groups in total. The normalized spacial score (nSPS) is 12.4. The molecule has 0 bridgehead atoms. The van der Waals surface area contributed by atoms with Crippen LogP contribution in [-0.4, -0.2) is 24.1 Å². The highest BCUT2D eigenvalue weighted by Crippen LogP contribution is 2.14. The molecular weight excluding hydrogens is 252 g/mol. The summed E-state index contributed by atoms with van der Waals surface area (Å²) in [4.78, 5) is 11.7. The third-order valence-electron chi connectivity index (χ3n) is 2.77. The van der Waals surface area contributed by atoms with E-state index in [0.717, 1.165) is 5.56 Å². The molecule has 18 heavy (non-hydrogen) atoms. The number of aliphatic hydroxyl groups excluding tert-OH is 1. The first-order valence-electron chi connectivity index (χ1n) is 5.69. The zero-order valence-electron chi connectivity index (χ0n) is 10.7. The molecule has 0 heterocycles. The van der Waals surface area contributed by atoms with E-state index in [1.807, 2.05) is 30.3 Å². The lowest BCUT2D eigenvalue weighted by molar-refractivity contribution is -0.129. The molecule has 0 aliphatic rings. The van der Waals surface area contributed by atoms with Gasteiger partial charge in [0.05, 0.1) is 11.5 Å². The SMILES string of the molecule is CC(C)(CN)C(=O)NCC(O)c1ccccc1.Cl. The highest BCUT2D eigenvalue weighted by Gasteiger charge is 2.25. The lowest BCUT2D eigenvalue weighted by Gasteiger charge is -2.22. The Kier molecular flexibility index (Phi) is 6.91. The summed E-state index contributed by atoms with van der Waals surface area (Å²) in [6, 6.07) is 9.23. The number of nitrogens with one attached hydrogen (secondary N) is 1. The van der Waals surface area contributed by atoms with Crippen LogP contribution in [0.25, 0.3) is 0 Å². The van der Waals surface area contributed by atoms with Gasteiger partial charge in [-0.15, -0.1) is 12.4 Å². The van der Waals surface area contributed by atoms with E-state index < -0.39 is 11.5 Å². The molecule has 1 amide bonds. The molecule has 4 nitrogen and oxygen atoms in total. The fourth-order valence-electron chi connectivity index (χ4n) is 1.31. The highest BCUT2D eigenvalue weighted by atomic mass is 35.5. The summed E-state index contributed by atoms with van der Waals surface area (Å²) in [7, 11) is 0. The average molecular weight is 273 g/mol. The van der Waals surface area contributed by atoms with Crippen LogP contribution in [0.15, 0.2) is 30.3 Å². The van der Waals surface area contributed by atoms with Crippen molar-refractivity contribution in [2.45, 2.75) is 20.0 Å². The summed E-state index contributed by atoms with van der Waals surface area (Å²) in [5.74, 6) is -0.144. The molecule has 102 valence electrons. The van der Waals surface area contributed by atoms with E-state index in [9.17, 15) is 9.90 Å². The number of nitrogens with two attached hydrogens (primary N) is 1. The number of halogens is 1. The maximum absolute atomic E-state index is 11.7. The summed E-state index contributed by atoms with van der Waals surface area (Å²) in [5.41, 5.74) is 5.69. The Hall–Kier alpha value is -1.10. The van der Waals surface area contributed by atoms with Crippen LogP contribution in [0, 0.1) is 5.41 Å². The van der Waals surface area contributed by atoms with Crippen molar-refractivity contribution in [2.24, 2.45) is 11.1 Å². The molecule has 0 spiro atoms. The number of aliphatic hydroxyl groups is 1. The van der Waals surface area contributed by atoms with E-state index in [1.54, 1.807) is 13.8 Å². The van der Waals surface area contributed by atoms with Crippen LogP contribution >= 0.6 is 12.4 Å². The van der Waals surface area contributed by atoms with Gasteiger partial charge in [0.15, 0.2) is 0 Å². The third-order valence-corrected chi connectivity index (χ3v) is 2.77. The quantitative estimate of drug-likeness (QED) is 0.755. The minimum absolute atomic E-state index is 0. The van der Waals surface area contributed by atoms with Crippen molar-refractivity contribution in [2.75, 3.05) is 13.1 Å². The van der Waals surface area contributed by atoms with Crippen LogP contribution in [0.4, 0.5) is 0 Å². The van der Waals surface area contributed by atoms with E-state index in [1.165, 1.54) is 0 Å². The zero-order chi connectivity index (χ0) is 12.9. The number of rotatable bonds is 5. The maximum atomic E-state index is 11.7. The second kappa shape index (κ2) is 7.36. The van der Waals surface area contributed by atoms with Gasteiger partial charge in [-0.3, -0.25) is 4.79 Å². The lowest BCUT2D eigenvalue weighted by atomic mass is 9.92.